The molecule has 0 radical (unpaired) electrons. The molecular weight excluding hydrogens is 216 g/mol. The number of carbonyl (C=O) groups excluding carboxylic acids is 1. The number of rotatable bonds is 6. The lowest BCUT2D eigenvalue weighted by Crippen LogP contribution is -2.08. The summed E-state index contributed by atoms with van der Waals surface area (Å²) in [6, 6.07) is 0. The van der Waals surface area contributed by atoms with E-state index in [1.54, 1.807) is 13.0 Å². The molecule has 3 heteroatoms. The van der Waals surface area contributed by atoms with Gasteiger partial charge in [-0.2, -0.15) is 0 Å². The van der Waals surface area contributed by atoms with Crippen LogP contribution in [0.4, 0.5) is 0 Å². The van der Waals surface area contributed by atoms with Crippen LogP contribution in [0.1, 0.15) is 33.1 Å². The van der Waals surface area contributed by atoms with Crippen LogP contribution in [0.25, 0.3) is 0 Å². The summed E-state index contributed by atoms with van der Waals surface area (Å²) in [7, 11) is 0. The summed E-state index contributed by atoms with van der Waals surface area (Å²) in [5.41, 5.74) is 0.615. The van der Waals surface area contributed by atoms with E-state index in [2.05, 4.69) is 13.5 Å². The molecule has 1 rings (SSSR count). The molecule has 94 valence electrons. The summed E-state index contributed by atoms with van der Waals surface area (Å²) < 4.78 is 10.6. The summed E-state index contributed by atoms with van der Waals surface area (Å²) in [6.45, 7) is 7.97. The van der Waals surface area contributed by atoms with E-state index in [-0.39, 0.29) is 12.1 Å². The molecule has 0 aromatic carbocycles. The van der Waals surface area contributed by atoms with Crippen LogP contribution in [-0.4, -0.2) is 18.7 Å². The van der Waals surface area contributed by atoms with Crippen LogP contribution < -0.4 is 0 Å². The summed E-state index contributed by atoms with van der Waals surface area (Å²) in [5, 5.41) is 0. The van der Waals surface area contributed by atoms with Crippen LogP contribution in [0, 0.1) is 0 Å². The second-order valence-corrected chi connectivity index (χ2v) is 3.85. The molecule has 1 unspecified atom stereocenters. The minimum absolute atomic E-state index is 0.115. The van der Waals surface area contributed by atoms with Gasteiger partial charge in [0.25, 0.3) is 0 Å². The highest BCUT2D eigenvalue weighted by Crippen LogP contribution is 2.27. The van der Waals surface area contributed by atoms with Crippen molar-refractivity contribution in [1.29, 1.82) is 0 Å². The van der Waals surface area contributed by atoms with Crippen molar-refractivity contribution in [3.63, 3.8) is 0 Å². The van der Waals surface area contributed by atoms with Gasteiger partial charge in [0.15, 0.2) is 0 Å². The molecule has 0 bridgehead atoms. The molecule has 1 atom stereocenters. The molecule has 0 aromatic heterocycles. The summed E-state index contributed by atoms with van der Waals surface area (Å²) in [4.78, 5) is 11.7. The third kappa shape index (κ3) is 3.77. The van der Waals surface area contributed by atoms with Gasteiger partial charge in [0, 0.05) is 6.42 Å². The number of carbonyl (C=O) groups is 1. The average Bonchev–Trinajstić information content (AvgIpc) is 2.73. The number of esters is 1. The van der Waals surface area contributed by atoms with Crippen molar-refractivity contribution in [2.45, 2.75) is 39.2 Å². The lowest BCUT2D eigenvalue weighted by atomic mass is 10.1. The topological polar surface area (TPSA) is 35.5 Å². The highest BCUT2D eigenvalue weighted by atomic mass is 16.5. The fraction of sp³-hybridized carbons (Fsp3) is 0.500. The molecule has 0 N–H and O–H groups in total. The van der Waals surface area contributed by atoms with Crippen LogP contribution in [0.15, 0.2) is 36.1 Å². The minimum atomic E-state index is -0.284. The number of allylic oxidation sites excluding steroid dienone is 2. The van der Waals surface area contributed by atoms with Crippen LogP contribution in [0.3, 0.4) is 0 Å². The molecule has 0 saturated carbocycles. The molecule has 1 aliphatic rings. The van der Waals surface area contributed by atoms with Crippen molar-refractivity contribution in [3.8, 4) is 0 Å². The third-order valence-corrected chi connectivity index (χ3v) is 2.49. The van der Waals surface area contributed by atoms with Crippen molar-refractivity contribution < 1.29 is 14.3 Å². The van der Waals surface area contributed by atoms with E-state index < -0.39 is 0 Å². The molecule has 17 heavy (non-hydrogen) atoms. The zero-order valence-electron chi connectivity index (χ0n) is 10.6. The Bertz CT molecular complexity index is 339. The van der Waals surface area contributed by atoms with E-state index >= 15 is 0 Å². The Morgan fingerprint density at radius 2 is 2.35 bits per heavy atom. The van der Waals surface area contributed by atoms with Crippen molar-refractivity contribution in [2.75, 3.05) is 6.61 Å². The average molecular weight is 236 g/mol. The SMILES string of the molecule is C=CC1CC(C(=O)OCC)=C(/C=C/CCC)O1. The first kappa shape index (κ1) is 13.6. The predicted molar refractivity (Wildman–Crippen MR) is 67.4 cm³/mol. The van der Waals surface area contributed by atoms with E-state index in [4.69, 9.17) is 9.47 Å². The van der Waals surface area contributed by atoms with E-state index in [1.165, 1.54) is 0 Å². The molecule has 1 heterocycles. The summed E-state index contributed by atoms with van der Waals surface area (Å²) in [6.07, 6.45) is 8.06. The molecule has 0 aliphatic carbocycles. The highest BCUT2D eigenvalue weighted by Gasteiger charge is 2.27. The molecule has 3 nitrogen and oxygen atoms in total. The third-order valence-electron chi connectivity index (χ3n) is 2.49. The second-order valence-electron chi connectivity index (χ2n) is 3.85. The molecule has 1 aliphatic heterocycles. The minimum Gasteiger partial charge on any atom is -0.485 e. The van der Waals surface area contributed by atoms with Gasteiger partial charge in [0.1, 0.15) is 11.9 Å². The first-order chi connectivity index (χ1) is 8.22. The second kappa shape index (κ2) is 6.94. The van der Waals surface area contributed by atoms with Crippen molar-refractivity contribution in [3.05, 3.63) is 36.1 Å². The maximum absolute atomic E-state index is 11.7. The molecule has 0 saturated heterocycles. The van der Waals surface area contributed by atoms with Crippen molar-refractivity contribution in [1.82, 2.24) is 0 Å². The Balaban J connectivity index is 2.78. The number of ether oxygens (including phenoxy) is 2. The van der Waals surface area contributed by atoms with Gasteiger partial charge in [-0.05, 0) is 19.4 Å². The summed E-state index contributed by atoms with van der Waals surface area (Å²) >= 11 is 0. The largest absolute Gasteiger partial charge is 0.485 e. The molecule has 0 amide bonds. The Kier molecular flexibility index (Phi) is 5.53. The molecule has 0 aromatic rings. The van der Waals surface area contributed by atoms with Gasteiger partial charge in [-0.15, -0.1) is 0 Å². The fourth-order valence-corrected chi connectivity index (χ4v) is 1.61. The first-order valence-corrected chi connectivity index (χ1v) is 6.08. The van der Waals surface area contributed by atoms with E-state index in [0.29, 0.717) is 24.4 Å². The van der Waals surface area contributed by atoms with Gasteiger partial charge in [0.2, 0.25) is 0 Å². The fourth-order valence-electron chi connectivity index (χ4n) is 1.61. The zero-order chi connectivity index (χ0) is 12.7. The molecular formula is C14H20O3. The van der Waals surface area contributed by atoms with Crippen molar-refractivity contribution in [2.24, 2.45) is 0 Å². The van der Waals surface area contributed by atoms with Gasteiger partial charge in [-0.1, -0.05) is 32.1 Å². The number of hydrogen-bond acceptors (Lipinski definition) is 3. The molecule has 0 spiro atoms. The van der Waals surface area contributed by atoms with E-state index in [0.717, 1.165) is 12.8 Å². The quantitative estimate of drug-likeness (QED) is 0.525. The van der Waals surface area contributed by atoms with Gasteiger partial charge in [-0.3, -0.25) is 0 Å². The van der Waals surface area contributed by atoms with E-state index in [1.807, 2.05) is 12.2 Å². The van der Waals surface area contributed by atoms with Gasteiger partial charge in [0.05, 0.1) is 12.2 Å². The Labute approximate surface area is 103 Å². The Hall–Kier alpha value is -1.51. The number of hydrogen-bond donors (Lipinski definition) is 0. The Morgan fingerprint density at radius 3 is 2.94 bits per heavy atom. The zero-order valence-corrected chi connectivity index (χ0v) is 10.6. The van der Waals surface area contributed by atoms with Gasteiger partial charge in [-0.25, -0.2) is 4.79 Å². The first-order valence-electron chi connectivity index (χ1n) is 6.08. The maximum atomic E-state index is 11.7. The van der Waals surface area contributed by atoms with Crippen LogP contribution in [-0.2, 0) is 14.3 Å². The smallest absolute Gasteiger partial charge is 0.337 e. The number of unbranched alkanes of at least 4 members (excludes halogenated alkanes) is 1. The maximum Gasteiger partial charge on any atom is 0.337 e. The standard InChI is InChI=1S/C14H20O3/c1-4-7-8-9-13-12(14(15)16-6-3)10-11(5-2)17-13/h5,8-9,11H,2,4,6-7,10H2,1,3H3/b9-8+. The van der Waals surface area contributed by atoms with Crippen LogP contribution >= 0.6 is 0 Å². The van der Waals surface area contributed by atoms with Gasteiger partial charge >= 0.3 is 5.97 Å². The monoisotopic (exact) mass is 236 g/mol. The lowest BCUT2D eigenvalue weighted by Gasteiger charge is -2.04. The Morgan fingerprint density at radius 1 is 1.59 bits per heavy atom. The highest BCUT2D eigenvalue weighted by molar-refractivity contribution is 5.90. The lowest BCUT2D eigenvalue weighted by molar-refractivity contribution is -0.138. The predicted octanol–water partition coefficient (Wildman–Crippen LogP) is 3.13. The van der Waals surface area contributed by atoms with Crippen LogP contribution in [0.2, 0.25) is 0 Å². The van der Waals surface area contributed by atoms with Crippen molar-refractivity contribution >= 4 is 5.97 Å². The normalized spacial score (nSPS) is 19.5. The van der Waals surface area contributed by atoms with Crippen LogP contribution in [0.5, 0.6) is 0 Å². The summed E-state index contributed by atoms with van der Waals surface area (Å²) in [5.74, 6) is 0.342. The van der Waals surface area contributed by atoms with Gasteiger partial charge < -0.3 is 9.47 Å². The van der Waals surface area contributed by atoms with E-state index in [9.17, 15) is 4.79 Å². The molecule has 0 fully saturated rings.